The summed E-state index contributed by atoms with van der Waals surface area (Å²) in [5.74, 6) is 0.655. The molecule has 1 aromatic heterocycles. The van der Waals surface area contributed by atoms with Gasteiger partial charge in [-0.25, -0.2) is 4.39 Å². The maximum Gasteiger partial charge on any atom is 0.152 e. The van der Waals surface area contributed by atoms with Crippen molar-refractivity contribution in [2.75, 3.05) is 6.54 Å². The maximum absolute atomic E-state index is 14.1. The first-order chi connectivity index (χ1) is 9.45. The highest BCUT2D eigenvalue weighted by Gasteiger charge is 2.22. The van der Waals surface area contributed by atoms with E-state index >= 15 is 0 Å². The van der Waals surface area contributed by atoms with Crippen LogP contribution in [0.15, 0.2) is 21.0 Å². The van der Waals surface area contributed by atoms with Gasteiger partial charge in [-0.3, -0.25) is 0 Å². The predicted octanol–water partition coefficient (Wildman–Crippen LogP) is 5.68. The number of benzene rings is 1. The van der Waals surface area contributed by atoms with E-state index in [-0.39, 0.29) is 11.1 Å². The molecule has 1 unspecified atom stereocenters. The first-order valence-electron chi connectivity index (χ1n) is 6.76. The second kappa shape index (κ2) is 6.46. The third-order valence-corrected chi connectivity index (χ3v) is 4.12. The smallest absolute Gasteiger partial charge is 0.152 e. The molecule has 110 valence electrons. The largest absolute Gasteiger partial charge is 0.458 e. The Morgan fingerprint density at radius 2 is 2.10 bits per heavy atom. The Kier molecular flexibility index (Phi) is 5.10. The summed E-state index contributed by atoms with van der Waals surface area (Å²) >= 11 is 9.23. The van der Waals surface area contributed by atoms with Gasteiger partial charge in [0.05, 0.1) is 20.9 Å². The lowest BCUT2D eigenvalue weighted by molar-refractivity contribution is 0.351. The second-order valence-corrected chi connectivity index (χ2v) is 6.48. The first-order valence-corrected chi connectivity index (χ1v) is 7.93. The molecule has 2 nitrogen and oxygen atoms in total. The highest BCUT2D eigenvalue weighted by Crippen LogP contribution is 2.36. The van der Waals surface area contributed by atoms with Crippen LogP contribution in [-0.4, -0.2) is 6.54 Å². The highest BCUT2D eigenvalue weighted by atomic mass is 79.9. The molecule has 20 heavy (non-hydrogen) atoms. The summed E-state index contributed by atoms with van der Waals surface area (Å²) < 4.78 is 20.6. The molecule has 0 saturated heterocycles. The number of fused-ring (bicyclic) bond motifs is 1. The summed E-state index contributed by atoms with van der Waals surface area (Å²) in [6, 6.07) is 3.33. The summed E-state index contributed by atoms with van der Waals surface area (Å²) in [5, 5.41) is 3.95. The SMILES string of the molecule is CCCNC(c1cc2c(F)c(Cl)cc(Br)c2o1)C(C)C. The van der Waals surface area contributed by atoms with E-state index in [0.717, 1.165) is 18.7 Å². The quantitative estimate of drug-likeness (QED) is 0.692. The van der Waals surface area contributed by atoms with E-state index in [1.54, 1.807) is 6.07 Å². The third-order valence-electron chi connectivity index (χ3n) is 3.26. The van der Waals surface area contributed by atoms with E-state index in [0.29, 0.717) is 21.4 Å². The zero-order valence-corrected chi connectivity index (χ0v) is 14.1. The van der Waals surface area contributed by atoms with Gasteiger partial charge in [-0.1, -0.05) is 32.4 Å². The molecule has 1 N–H and O–H groups in total. The molecule has 0 aliphatic rings. The minimum atomic E-state index is -0.433. The van der Waals surface area contributed by atoms with Gasteiger partial charge in [0.2, 0.25) is 0 Å². The summed E-state index contributed by atoms with van der Waals surface area (Å²) in [6.07, 6.45) is 1.04. The van der Waals surface area contributed by atoms with Crippen LogP contribution >= 0.6 is 27.5 Å². The van der Waals surface area contributed by atoms with Crippen molar-refractivity contribution < 1.29 is 8.81 Å². The van der Waals surface area contributed by atoms with Gasteiger partial charge in [0.1, 0.15) is 5.76 Å². The number of rotatable bonds is 5. The van der Waals surface area contributed by atoms with Crippen LogP contribution in [0.5, 0.6) is 0 Å². The average molecular weight is 363 g/mol. The topological polar surface area (TPSA) is 25.2 Å². The molecule has 2 rings (SSSR count). The van der Waals surface area contributed by atoms with Crippen LogP contribution in [0.1, 0.15) is 39.0 Å². The van der Waals surface area contributed by atoms with Crippen LogP contribution in [0.25, 0.3) is 11.0 Å². The fourth-order valence-electron chi connectivity index (χ4n) is 2.24. The lowest BCUT2D eigenvalue weighted by atomic mass is 10.0. The zero-order valence-electron chi connectivity index (χ0n) is 11.8. The molecular formula is C15H18BrClFNO. The van der Waals surface area contributed by atoms with Gasteiger partial charge >= 0.3 is 0 Å². The Balaban J connectivity index is 2.49. The molecule has 0 bridgehead atoms. The van der Waals surface area contributed by atoms with Crippen molar-refractivity contribution in [1.29, 1.82) is 0 Å². The normalized spacial score (nSPS) is 13.3. The fraction of sp³-hybridized carbons (Fsp3) is 0.467. The van der Waals surface area contributed by atoms with Crippen molar-refractivity contribution in [3.8, 4) is 0 Å². The second-order valence-electron chi connectivity index (χ2n) is 5.22. The summed E-state index contributed by atoms with van der Waals surface area (Å²) in [4.78, 5) is 0. The van der Waals surface area contributed by atoms with Crippen LogP contribution in [0, 0.1) is 11.7 Å². The van der Waals surface area contributed by atoms with E-state index in [1.165, 1.54) is 6.07 Å². The van der Waals surface area contributed by atoms with E-state index in [2.05, 4.69) is 42.0 Å². The zero-order chi connectivity index (χ0) is 14.9. The molecule has 1 atom stereocenters. The lowest BCUT2D eigenvalue weighted by Crippen LogP contribution is -2.25. The first kappa shape index (κ1) is 15.8. The van der Waals surface area contributed by atoms with Crippen LogP contribution in [0.4, 0.5) is 4.39 Å². The number of halogens is 3. The monoisotopic (exact) mass is 361 g/mol. The van der Waals surface area contributed by atoms with Crippen LogP contribution in [0.2, 0.25) is 5.02 Å². The Morgan fingerprint density at radius 1 is 1.40 bits per heavy atom. The number of hydrogen-bond acceptors (Lipinski definition) is 2. The van der Waals surface area contributed by atoms with Crippen molar-refractivity contribution in [1.82, 2.24) is 5.32 Å². The van der Waals surface area contributed by atoms with Crippen LogP contribution < -0.4 is 5.32 Å². The molecule has 0 saturated carbocycles. The van der Waals surface area contributed by atoms with E-state index in [1.807, 2.05) is 0 Å². The molecule has 0 aliphatic carbocycles. The number of nitrogens with one attached hydrogen (secondary N) is 1. The fourth-order valence-corrected chi connectivity index (χ4v) is 3.10. The molecule has 0 spiro atoms. The summed E-state index contributed by atoms with van der Waals surface area (Å²) in [7, 11) is 0. The third kappa shape index (κ3) is 3.02. The van der Waals surface area contributed by atoms with Crippen molar-refractivity contribution >= 4 is 38.5 Å². The maximum atomic E-state index is 14.1. The number of furan rings is 1. The molecular weight excluding hydrogens is 345 g/mol. The minimum Gasteiger partial charge on any atom is -0.458 e. The van der Waals surface area contributed by atoms with Gasteiger partial charge in [0.25, 0.3) is 0 Å². The van der Waals surface area contributed by atoms with Gasteiger partial charge < -0.3 is 9.73 Å². The van der Waals surface area contributed by atoms with Crippen molar-refractivity contribution in [2.24, 2.45) is 5.92 Å². The molecule has 0 radical (unpaired) electrons. The molecule has 0 amide bonds. The van der Waals surface area contributed by atoms with Gasteiger partial charge in [0.15, 0.2) is 11.4 Å². The standard InChI is InChI=1S/C15H18BrClFNO/c1-4-5-19-14(8(2)3)12-6-9-13(18)11(17)7-10(16)15(9)20-12/h6-8,14,19H,4-5H2,1-3H3. The Bertz CT molecular complexity index is 611. The van der Waals surface area contributed by atoms with Gasteiger partial charge in [-0.2, -0.15) is 0 Å². The Hall–Kier alpha value is -0.580. The van der Waals surface area contributed by atoms with Crippen molar-refractivity contribution in [3.05, 3.63) is 33.2 Å². The molecule has 0 fully saturated rings. The van der Waals surface area contributed by atoms with E-state index < -0.39 is 5.82 Å². The van der Waals surface area contributed by atoms with Crippen molar-refractivity contribution in [3.63, 3.8) is 0 Å². The average Bonchev–Trinajstić information content (AvgIpc) is 2.82. The molecule has 2 aromatic rings. The Labute approximate surface area is 131 Å². The van der Waals surface area contributed by atoms with Crippen molar-refractivity contribution in [2.45, 2.75) is 33.2 Å². The summed E-state index contributed by atoms with van der Waals surface area (Å²) in [5.41, 5.74) is 0.505. The Morgan fingerprint density at radius 3 is 2.70 bits per heavy atom. The lowest BCUT2D eigenvalue weighted by Gasteiger charge is -2.19. The molecule has 1 heterocycles. The molecule has 5 heteroatoms. The highest BCUT2D eigenvalue weighted by molar-refractivity contribution is 9.10. The van der Waals surface area contributed by atoms with Crippen LogP contribution in [0.3, 0.4) is 0 Å². The van der Waals surface area contributed by atoms with Gasteiger partial charge in [-0.05, 0) is 46.9 Å². The number of hydrogen-bond donors (Lipinski definition) is 1. The van der Waals surface area contributed by atoms with E-state index in [4.69, 9.17) is 16.0 Å². The molecule has 0 aliphatic heterocycles. The molecule has 1 aromatic carbocycles. The van der Waals surface area contributed by atoms with Gasteiger partial charge in [-0.15, -0.1) is 0 Å². The summed E-state index contributed by atoms with van der Waals surface area (Å²) in [6.45, 7) is 7.22. The van der Waals surface area contributed by atoms with E-state index in [9.17, 15) is 4.39 Å². The van der Waals surface area contributed by atoms with Crippen LogP contribution in [-0.2, 0) is 0 Å². The predicted molar refractivity (Wildman–Crippen MR) is 84.8 cm³/mol. The van der Waals surface area contributed by atoms with Gasteiger partial charge in [0, 0.05) is 0 Å². The minimum absolute atomic E-state index is 0.0624.